The molecule has 0 aromatic heterocycles. The summed E-state index contributed by atoms with van der Waals surface area (Å²) in [6.45, 7) is 4.40. The summed E-state index contributed by atoms with van der Waals surface area (Å²) in [4.78, 5) is 14.8. The first-order valence-electron chi connectivity index (χ1n) is 10.5. The zero-order valence-electron chi connectivity index (χ0n) is 17.5. The molecule has 0 spiro atoms. The number of benzene rings is 3. The van der Waals surface area contributed by atoms with E-state index in [4.69, 9.17) is 0 Å². The van der Waals surface area contributed by atoms with Crippen molar-refractivity contribution in [2.45, 2.75) is 24.7 Å². The Bertz CT molecular complexity index is 1180. The summed E-state index contributed by atoms with van der Waals surface area (Å²) in [5.41, 5.74) is 1.86. The van der Waals surface area contributed by atoms with E-state index in [2.05, 4.69) is 21.9 Å². The van der Waals surface area contributed by atoms with Crippen molar-refractivity contribution in [1.29, 1.82) is 0 Å². The fourth-order valence-electron chi connectivity index (χ4n) is 3.87. The van der Waals surface area contributed by atoms with E-state index in [1.54, 1.807) is 18.2 Å². The molecule has 1 heterocycles. The molecule has 7 heteroatoms. The van der Waals surface area contributed by atoms with Gasteiger partial charge in [-0.2, -0.15) is 0 Å². The zero-order chi connectivity index (χ0) is 21.8. The molecule has 0 radical (unpaired) electrons. The lowest BCUT2D eigenvalue weighted by Crippen LogP contribution is -2.27. The van der Waals surface area contributed by atoms with Gasteiger partial charge in [0.2, 0.25) is 15.9 Å². The third-order valence-corrected chi connectivity index (χ3v) is 7.07. The smallest absolute Gasteiger partial charge is 0.240 e. The highest BCUT2D eigenvalue weighted by Crippen LogP contribution is 2.25. The van der Waals surface area contributed by atoms with Gasteiger partial charge in [-0.3, -0.25) is 4.79 Å². The van der Waals surface area contributed by atoms with E-state index >= 15 is 0 Å². The molecule has 1 unspecified atom stereocenters. The molecule has 1 amide bonds. The lowest BCUT2D eigenvalue weighted by atomic mass is 10.1. The summed E-state index contributed by atoms with van der Waals surface area (Å²) in [7, 11) is -3.68. The number of fused-ring (bicyclic) bond motifs is 1. The summed E-state index contributed by atoms with van der Waals surface area (Å²) in [6.07, 6.45) is 1.26. The average Bonchev–Trinajstić information content (AvgIpc) is 3.20. The SMILES string of the molecule is CC1CCN(c2ccc(NC(=O)CCNS(=O)(=O)c3ccc4ccccc4c3)cc2)C1. The standard InChI is InChI=1S/C24H27N3O3S/c1-18-13-15-27(17-18)22-9-7-21(8-10-22)26-24(28)12-14-25-31(29,30)23-11-6-19-4-2-3-5-20(19)16-23/h2-11,16,18,25H,12-15,17H2,1H3,(H,26,28). The van der Waals surface area contributed by atoms with Gasteiger partial charge in [0.25, 0.3) is 0 Å². The van der Waals surface area contributed by atoms with Gasteiger partial charge in [-0.25, -0.2) is 13.1 Å². The van der Waals surface area contributed by atoms with Crippen LogP contribution in [0.2, 0.25) is 0 Å². The Hall–Kier alpha value is -2.90. The van der Waals surface area contributed by atoms with E-state index in [1.807, 2.05) is 48.5 Å². The topological polar surface area (TPSA) is 78.5 Å². The number of hydrogen-bond acceptors (Lipinski definition) is 4. The molecule has 162 valence electrons. The third kappa shape index (κ3) is 5.24. The molecule has 6 nitrogen and oxygen atoms in total. The van der Waals surface area contributed by atoms with Crippen molar-refractivity contribution in [2.75, 3.05) is 29.9 Å². The number of carbonyl (C=O) groups excluding carboxylic acids is 1. The van der Waals surface area contributed by atoms with Crippen LogP contribution in [0.5, 0.6) is 0 Å². The van der Waals surface area contributed by atoms with Crippen LogP contribution in [0, 0.1) is 5.92 Å². The molecule has 4 rings (SSSR count). The normalized spacial score (nSPS) is 16.5. The van der Waals surface area contributed by atoms with Crippen LogP contribution in [0.15, 0.2) is 71.6 Å². The maximum atomic E-state index is 12.6. The number of amides is 1. The molecule has 1 saturated heterocycles. The molecule has 1 fully saturated rings. The molecule has 3 aromatic carbocycles. The maximum absolute atomic E-state index is 12.6. The van der Waals surface area contributed by atoms with Crippen LogP contribution in [0.25, 0.3) is 10.8 Å². The van der Waals surface area contributed by atoms with Crippen molar-refractivity contribution in [3.63, 3.8) is 0 Å². The summed E-state index contributed by atoms with van der Waals surface area (Å²) in [5.74, 6) is 0.474. The van der Waals surface area contributed by atoms with Gasteiger partial charge in [0.05, 0.1) is 4.90 Å². The van der Waals surface area contributed by atoms with Crippen LogP contribution < -0.4 is 14.9 Å². The Labute approximate surface area is 183 Å². The number of sulfonamides is 1. The van der Waals surface area contributed by atoms with E-state index in [1.165, 1.54) is 6.42 Å². The van der Waals surface area contributed by atoms with Gasteiger partial charge in [0, 0.05) is 37.4 Å². The molecule has 2 N–H and O–H groups in total. The summed E-state index contributed by atoms with van der Waals surface area (Å²) >= 11 is 0. The fourth-order valence-corrected chi connectivity index (χ4v) is 4.93. The molecule has 0 saturated carbocycles. The van der Waals surface area contributed by atoms with Crippen LogP contribution in [0.4, 0.5) is 11.4 Å². The number of anilines is 2. The van der Waals surface area contributed by atoms with E-state index in [9.17, 15) is 13.2 Å². The molecule has 1 aliphatic rings. The van der Waals surface area contributed by atoms with Gasteiger partial charge in [-0.15, -0.1) is 0 Å². The van der Waals surface area contributed by atoms with E-state index in [0.717, 1.165) is 29.5 Å². The molecule has 0 bridgehead atoms. The Kier molecular flexibility index (Phi) is 6.25. The Morgan fingerprint density at radius 2 is 1.77 bits per heavy atom. The minimum atomic E-state index is -3.68. The lowest BCUT2D eigenvalue weighted by molar-refractivity contribution is -0.116. The van der Waals surface area contributed by atoms with Gasteiger partial charge in [0.1, 0.15) is 0 Å². The number of nitrogens with one attached hydrogen (secondary N) is 2. The Morgan fingerprint density at radius 3 is 2.48 bits per heavy atom. The van der Waals surface area contributed by atoms with Crippen LogP contribution in [0.1, 0.15) is 19.8 Å². The zero-order valence-corrected chi connectivity index (χ0v) is 18.4. The molecule has 1 atom stereocenters. The second kappa shape index (κ2) is 9.08. The number of rotatable bonds is 7. The highest BCUT2D eigenvalue weighted by molar-refractivity contribution is 7.89. The molecular weight excluding hydrogens is 410 g/mol. The second-order valence-electron chi connectivity index (χ2n) is 8.09. The fraction of sp³-hybridized carbons (Fsp3) is 0.292. The maximum Gasteiger partial charge on any atom is 0.240 e. The largest absolute Gasteiger partial charge is 0.371 e. The van der Waals surface area contributed by atoms with Crippen LogP contribution in [0.3, 0.4) is 0 Å². The minimum absolute atomic E-state index is 0.0325. The molecule has 0 aliphatic carbocycles. The van der Waals surface area contributed by atoms with Gasteiger partial charge in [-0.1, -0.05) is 37.3 Å². The van der Waals surface area contributed by atoms with Gasteiger partial charge in [-0.05, 0) is 59.5 Å². The van der Waals surface area contributed by atoms with E-state index in [-0.39, 0.29) is 23.8 Å². The van der Waals surface area contributed by atoms with Crippen LogP contribution in [-0.4, -0.2) is 34.0 Å². The van der Waals surface area contributed by atoms with Crippen molar-refractivity contribution in [3.05, 3.63) is 66.7 Å². The number of hydrogen-bond donors (Lipinski definition) is 2. The summed E-state index contributed by atoms with van der Waals surface area (Å²) in [5, 5.41) is 4.66. The second-order valence-corrected chi connectivity index (χ2v) is 9.86. The Morgan fingerprint density at radius 1 is 1.03 bits per heavy atom. The first-order valence-corrected chi connectivity index (χ1v) is 12.0. The molecule has 1 aliphatic heterocycles. The quantitative estimate of drug-likeness (QED) is 0.586. The first kappa shape index (κ1) is 21.3. The predicted molar refractivity (Wildman–Crippen MR) is 125 cm³/mol. The minimum Gasteiger partial charge on any atom is -0.371 e. The van der Waals surface area contributed by atoms with Crippen molar-refractivity contribution in [1.82, 2.24) is 4.72 Å². The lowest BCUT2D eigenvalue weighted by Gasteiger charge is -2.18. The average molecular weight is 438 g/mol. The third-order valence-electron chi connectivity index (χ3n) is 5.62. The number of carbonyl (C=O) groups is 1. The molecule has 31 heavy (non-hydrogen) atoms. The van der Waals surface area contributed by atoms with Gasteiger partial charge < -0.3 is 10.2 Å². The predicted octanol–water partition coefficient (Wildman–Crippen LogP) is 3.99. The monoisotopic (exact) mass is 437 g/mol. The summed E-state index contributed by atoms with van der Waals surface area (Å²) < 4.78 is 27.6. The Balaban J connectivity index is 1.29. The van der Waals surface area contributed by atoms with Crippen molar-refractivity contribution in [3.8, 4) is 0 Å². The summed E-state index contributed by atoms with van der Waals surface area (Å²) in [6, 6.07) is 20.4. The highest BCUT2D eigenvalue weighted by Gasteiger charge is 2.19. The molecular formula is C24H27N3O3S. The van der Waals surface area contributed by atoms with E-state index < -0.39 is 10.0 Å². The number of nitrogens with zero attached hydrogens (tertiary/aromatic N) is 1. The highest BCUT2D eigenvalue weighted by atomic mass is 32.2. The van der Waals surface area contributed by atoms with Crippen molar-refractivity contribution >= 4 is 38.1 Å². The van der Waals surface area contributed by atoms with Crippen LogP contribution in [-0.2, 0) is 14.8 Å². The first-order chi connectivity index (χ1) is 14.9. The van der Waals surface area contributed by atoms with Crippen LogP contribution >= 0.6 is 0 Å². The van der Waals surface area contributed by atoms with E-state index in [0.29, 0.717) is 11.6 Å². The van der Waals surface area contributed by atoms with Gasteiger partial charge >= 0.3 is 0 Å². The van der Waals surface area contributed by atoms with Crippen molar-refractivity contribution in [2.24, 2.45) is 5.92 Å². The van der Waals surface area contributed by atoms with Crippen molar-refractivity contribution < 1.29 is 13.2 Å². The van der Waals surface area contributed by atoms with Gasteiger partial charge in [0.15, 0.2) is 0 Å². The molecule has 3 aromatic rings.